The van der Waals surface area contributed by atoms with Gasteiger partial charge in [0.2, 0.25) is 0 Å². The van der Waals surface area contributed by atoms with E-state index >= 15 is 0 Å². The first kappa shape index (κ1) is 19.5. The van der Waals surface area contributed by atoms with Crippen LogP contribution < -0.4 is 5.32 Å². The van der Waals surface area contributed by atoms with Gasteiger partial charge in [-0.05, 0) is 36.7 Å². The van der Waals surface area contributed by atoms with Crippen molar-refractivity contribution in [2.45, 2.75) is 59.3 Å². The van der Waals surface area contributed by atoms with E-state index in [4.69, 9.17) is 9.47 Å². The lowest BCUT2D eigenvalue weighted by molar-refractivity contribution is -0.0143. The van der Waals surface area contributed by atoms with Crippen LogP contribution in [0.3, 0.4) is 0 Å². The van der Waals surface area contributed by atoms with Crippen molar-refractivity contribution in [1.29, 1.82) is 0 Å². The number of carbonyl (C=O) groups is 2. The number of benzene rings is 1. The van der Waals surface area contributed by atoms with Crippen LogP contribution in [-0.4, -0.2) is 36.4 Å². The molecule has 0 aromatic heterocycles. The number of alkyl carbamates (subject to hydrolysis) is 1. The topological polar surface area (TPSA) is 67.9 Å². The minimum absolute atomic E-state index is 0.172. The fourth-order valence-electron chi connectivity index (χ4n) is 3.31. The normalized spacial score (nSPS) is 19.3. The molecule has 1 aliphatic heterocycles. The summed E-state index contributed by atoms with van der Waals surface area (Å²) < 4.78 is 10.9. The molecule has 1 heterocycles. The number of rotatable bonds is 4. The summed E-state index contributed by atoms with van der Waals surface area (Å²) >= 11 is 0. The third-order valence-corrected chi connectivity index (χ3v) is 5.51. The first-order valence-electron chi connectivity index (χ1n) is 9.70. The van der Waals surface area contributed by atoms with E-state index in [2.05, 4.69) is 5.32 Å². The molecule has 1 atom stereocenters. The lowest BCUT2D eigenvalue weighted by Gasteiger charge is -2.35. The first-order chi connectivity index (χ1) is 12.8. The molecule has 1 unspecified atom stereocenters. The van der Waals surface area contributed by atoms with Gasteiger partial charge in [0.05, 0.1) is 0 Å². The summed E-state index contributed by atoms with van der Waals surface area (Å²) in [4.78, 5) is 26.5. The standard InChI is InChI=1S/C21H30N2O4/c1-20(2,3)17(22-18(24)26-15-16-7-5-4-6-8-16)27-19(25)23-13-11-21(9-10-21)12-14-23/h4-8,17H,9-15H2,1-3H3,(H,22,24). The number of nitrogens with zero attached hydrogens (tertiary/aromatic N) is 1. The van der Waals surface area contributed by atoms with Gasteiger partial charge in [-0.15, -0.1) is 0 Å². The number of ether oxygens (including phenoxy) is 2. The van der Waals surface area contributed by atoms with Gasteiger partial charge in [-0.3, -0.25) is 5.32 Å². The van der Waals surface area contributed by atoms with E-state index in [0.717, 1.165) is 31.5 Å². The monoisotopic (exact) mass is 374 g/mol. The highest BCUT2D eigenvalue weighted by molar-refractivity contribution is 5.70. The molecule has 2 aliphatic rings. The second-order valence-corrected chi connectivity index (χ2v) is 8.82. The van der Waals surface area contributed by atoms with Crippen LogP contribution in [0.15, 0.2) is 30.3 Å². The molecule has 1 saturated heterocycles. The van der Waals surface area contributed by atoms with Crippen molar-refractivity contribution in [3.63, 3.8) is 0 Å². The molecule has 1 aliphatic carbocycles. The van der Waals surface area contributed by atoms with Crippen LogP contribution in [0, 0.1) is 10.8 Å². The number of likely N-dealkylation sites (tertiary alicyclic amines) is 1. The van der Waals surface area contributed by atoms with E-state index in [1.54, 1.807) is 4.90 Å². The van der Waals surface area contributed by atoms with Gasteiger partial charge in [-0.1, -0.05) is 51.1 Å². The van der Waals surface area contributed by atoms with Crippen molar-refractivity contribution in [2.75, 3.05) is 13.1 Å². The molecule has 2 amide bonds. The summed E-state index contributed by atoms with van der Waals surface area (Å²) in [6.45, 7) is 7.38. The predicted octanol–water partition coefficient (Wildman–Crippen LogP) is 4.30. The van der Waals surface area contributed by atoms with Crippen molar-refractivity contribution >= 4 is 12.2 Å². The van der Waals surface area contributed by atoms with Gasteiger partial charge in [0, 0.05) is 18.5 Å². The van der Waals surface area contributed by atoms with Crippen molar-refractivity contribution in [2.24, 2.45) is 10.8 Å². The molecule has 0 bridgehead atoms. The molecule has 3 rings (SSSR count). The van der Waals surface area contributed by atoms with E-state index in [9.17, 15) is 9.59 Å². The maximum absolute atomic E-state index is 12.6. The Morgan fingerprint density at radius 3 is 2.30 bits per heavy atom. The Bertz CT molecular complexity index is 655. The van der Waals surface area contributed by atoms with E-state index < -0.39 is 17.7 Å². The average molecular weight is 374 g/mol. The van der Waals surface area contributed by atoms with Gasteiger partial charge in [-0.25, -0.2) is 9.59 Å². The summed E-state index contributed by atoms with van der Waals surface area (Å²) in [6.07, 6.45) is 2.95. The largest absolute Gasteiger partial charge is 0.445 e. The van der Waals surface area contributed by atoms with Crippen LogP contribution in [0.1, 0.15) is 52.0 Å². The van der Waals surface area contributed by atoms with Crippen LogP contribution in [0.4, 0.5) is 9.59 Å². The second-order valence-electron chi connectivity index (χ2n) is 8.82. The number of piperidine rings is 1. The molecule has 148 valence electrons. The summed E-state index contributed by atoms with van der Waals surface area (Å²) in [5.41, 5.74) is 0.952. The zero-order valence-corrected chi connectivity index (χ0v) is 16.5. The highest BCUT2D eigenvalue weighted by Crippen LogP contribution is 2.53. The Kier molecular flexibility index (Phi) is 5.63. The van der Waals surface area contributed by atoms with E-state index in [1.165, 1.54) is 12.8 Å². The fourth-order valence-corrected chi connectivity index (χ4v) is 3.31. The van der Waals surface area contributed by atoms with Crippen molar-refractivity contribution in [3.8, 4) is 0 Å². The molecule has 1 aromatic carbocycles. The number of amides is 2. The third kappa shape index (κ3) is 5.37. The maximum Gasteiger partial charge on any atom is 0.411 e. The molecule has 1 spiro atoms. The summed E-state index contributed by atoms with van der Waals surface area (Å²) in [5, 5.41) is 2.69. The minimum atomic E-state index is -0.759. The maximum atomic E-state index is 12.6. The molecule has 6 heteroatoms. The highest BCUT2D eigenvalue weighted by Gasteiger charge is 2.45. The molecular formula is C21H30N2O4. The van der Waals surface area contributed by atoms with Gasteiger partial charge in [0.15, 0.2) is 6.23 Å². The van der Waals surface area contributed by atoms with Gasteiger partial charge in [0.1, 0.15) is 6.61 Å². The van der Waals surface area contributed by atoms with Gasteiger partial charge < -0.3 is 14.4 Å². The summed E-state index contributed by atoms with van der Waals surface area (Å²) in [6, 6.07) is 9.46. The van der Waals surface area contributed by atoms with Crippen molar-refractivity contribution < 1.29 is 19.1 Å². The van der Waals surface area contributed by atoms with Crippen LogP contribution in [0.25, 0.3) is 0 Å². The second kappa shape index (κ2) is 7.79. The molecule has 27 heavy (non-hydrogen) atoms. The third-order valence-electron chi connectivity index (χ3n) is 5.51. The highest BCUT2D eigenvalue weighted by atomic mass is 16.6. The minimum Gasteiger partial charge on any atom is -0.445 e. The fraction of sp³-hybridized carbons (Fsp3) is 0.619. The number of nitrogens with one attached hydrogen (secondary N) is 1. The molecule has 0 radical (unpaired) electrons. The lowest BCUT2D eigenvalue weighted by Crippen LogP contribution is -2.50. The predicted molar refractivity (Wildman–Crippen MR) is 102 cm³/mol. The van der Waals surface area contributed by atoms with Crippen LogP contribution >= 0.6 is 0 Å². The molecule has 6 nitrogen and oxygen atoms in total. The number of carbonyl (C=O) groups excluding carboxylic acids is 2. The van der Waals surface area contributed by atoms with E-state index in [0.29, 0.717) is 5.41 Å². The van der Waals surface area contributed by atoms with Gasteiger partial charge >= 0.3 is 12.2 Å². The number of hydrogen-bond donors (Lipinski definition) is 1. The molecular weight excluding hydrogens is 344 g/mol. The average Bonchev–Trinajstić information content (AvgIpc) is 3.39. The Balaban J connectivity index is 1.50. The Hall–Kier alpha value is -2.24. The molecule has 1 N–H and O–H groups in total. The smallest absolute Gasteiger partial charge is 0.411 e. The van der Waals surface area contributed by atoms with Crippen LogP contribution in [-0.2, 0) is 16.1 Å². The zero-order valence-electron chi connectivity index (χ0n) is 16.5. The van der Waals surface area contributed by atoms with Gasteiger partial charge in [0.25, 0.3) is 0 Å². The quantitative estimate of drug-likeness (QED) is 0.798. The summed E-state index contributed by atoms with van der Waals surface area (Å²) in [7, 11) is 0. The SMILES string of the molecule is CC(C)(C)C(NC(=O)OCc1ccccc1)OC(=O)N1CCC2(CC1)CC2. The zero-order chi connectivity index (χ0) is 19.5. The Labute approximate surface area is 161 Å². The van der Waals surface area contributed by atoms with Crippen molar-refractivity contribution in [1.82, 2.24) is 10.2 Å². The summed E-state index contributed by atoms with van der Waals surface area (Å²) in [5.74, 6) is 0. The van der Waals surface area contributed by atoms with Crippen molar-refractivity contribution in [3.05, 3.63) is 35.9 Å². The Morgan fingerprint density at radius 1 is 1.11 bits per heavy atom. The molecule has 1 saturated carbocycles. The van der Waals surface area contributed by atoms with Crippen LogP contribution in [0.5, 0.6) is 0 Å². The number of hydrogen-bond acceptors (Lipinski definition) is 4. The first-order valence-corrected chi connectivity index (χ1v) is 9.70. The lowest BCUT2D eigenvalue weighted by atomic mass is 9.93. The Morgan fingerprint density at radius 2 is 1.74 bits per heavy atom. The molecule has 1 aromatic rings. The molecule has 2 fully saturated rings. The van der Waals surface area contributed by atoms with Gasteiger partial charge in [-0.2, -0.15) is 0 Å². The van der Waals surface area contributed by atoms with E-state index in [1.807, 2.05) is 51.1 Å². The van der Waals surface area contributed by atoms with E-state index in [-0.39, 0.29) is 12.7 Å². The van der Waals surface area contributed by atoms with Crippen LogP contribution in [0.2, 0.25) is 0 Å².